The standard InChI is InChI=1S/C76H127N5O56/c1-18(93)77-23(6-82)39(99)58(24(98)7-83)129-67-35(78-19(2)94)45(105)62(32(15-91)123-67)134-74-57(117)64(44(104)34(128-74)17-118-75-65(52(112)43(103)28(11-87)122-75)136-69-37(80-21(4)96)47(107)60(30(13-89)125-69)132-72-54(114)50(110)41(101)26(9-85)120-72)135-76-66(137-70-38(81-22(5)97)48(108)61(31(14-90)126-70)133-73-55(115)51(111)42(102)27(10-86)121-73)56(116)63(33(16-92)127-76)130-68-36(79-20(3)95)46(106)59(29(12-88)124-68)131-71-53(113)49(109)40(100)25(8-84)119-71/h6,23-76,83-92,98-117H,7-17H2,1-5H3,(H,77,93)(H,78,94)(H,79,95)(H,80,96)(H,81,97). The Morgan fingerprint density at radius 2 is 0.533 bits per heavy atom. The van der Waals surface area contributed by atoms with Crippen LogP contribution in [0.2, 0.25) is 0 Å². The highest BCUT2D eigenvalue weighted by atomic mass is 16.8. The van der Waals surface area contributed by atoms with Gasteiger partial charge in [0.15, 0.2) is 62.9 Å². The Morgan fingerprint density at radius 3 is 0.854 bits per heavy atom. The normalized spacial score (nSPS) is 46.4. The molecule has 61 heteroatoms. The number of hydrogen-bond acceptors (Lipinski definition) is 56. The fourth-order valence-electron chi connectivity index (χ4n) is 17.3. The van der Waals surface area contributed by atoms with Crippen molar-refractivity contribution < 1.29 is 277 Å². The zero-order chi connectivity index (χ0) is 101. The van der Waals surface area contributed by atoms with E-state index in [-0.39, 0.29) is 6.29 Å². The summed E-state index contributed by atoms with van der Waals surface area (Å²) in [6.07, 6.45) is -109. The van der Waals surface area contributed by atoms with Gasteiger partial charge in [0.2, 0.25) is 29.5 Å². The summed E-state index contributed by atoms with van der Waals surface area (Å²) >= 11 is 0. The number of amides is 5. The SMILES string of the molecule is CC(=O)NC(C=O)C(O)C(OC1OC(CO)C(OC2OC(COC3OC(CO)C(O)C(O)C3OC3OC(CO)C(OC4OC(CO)C(O)C(O)C4O)C(O)C3NC(C)=O)C(O)C(OC3OC(CO)C(OC4OC(CO)C(OC5OC(CO)C(O)C(O)C5O)C(O)C4NC(C)=O)C(O)C3OC3OC(CO)C(OC4OC(CO)C(O)C(O)C4O)C(O)C3NC(C)=O)C2O)C(O)C1NC(C)=O)C(O)CO. The summed E-state index contributed by atoms with van der Waals surface area (Å²) in [6.45, 7) is -8.91. The first-order valence-corrected chi connectivity index (χ1v) is 43.4. The molecule has 792 valence electrons. The zero-order valence-electron chi connectivity index (χ0n) is 73.6. The van der Waals surface area contributed by atoms with Gasteiger partial charge >= 0.3 is 0 Å². The summed E-state index contributed by atoms with van der Waals surface area (Å²) in [4.78, 5) is 77.3. The predicted molar refractivity (Wildman–Crippen MR) is 422 cm³/mol. The summed E-state index contributed by atoms with van der Waals surface area (Å²) < 4.78 is 120. The van der Waals surface area contributed by atoms with Crippen LogP contribution in [0.4, 0.5) is 0 Å². The highest BCUT2D eigenvalue weighted by Crippen LogP contribution is 2.42. The number of carbonyl (C=O) groups is 6. The first-order chi connectivity index (χ1) is 64.8. The van der Waals surface area contributed by atoms with Gasteiger partial charge in [0.25, 0.3) is 0 Å². The second-order valence-electron chi connectivity index (χ2n) is 34.2. The van der Waals surface area contributed by atoms with Crippen molar-refractivity contribution in [3.05, 3.63) is 0 Å². The highest BCUT2D eigenvalue weighted by molar-refractivity contribution is 5.77. The second-order valence-corrected chi connectivity index (χ2v) is 34.2. The predicted octanol–water partition coefficient (Wildman–Crippen LogP) is -24.4. The molecule has 10 rings (SSSR count). The average molecular weight is 2010 g/mol. The minimum Gasteiger partial charge on any atom is -0.394 e. The fourth-order valence-corrected chi connectivity index (χ4v) is 17.3. The fraction of sp³-hybridized carbons (Fsp3) is 0.921. The molecule has 0 radical (unpaired) electrons. The van der Waals surface area contributed by atoms with Gasteiger partial charge in [-0.3, -0.25) is 24.0 Å². The van der Waals surface area contributed by atoms with E-state index in [2.05, 4.69) is 26.6 Å². The lowest BCUT2D eigenvalue weighted by atomic mass is 9.93. The lowest BCUT2D eigenvalue weighted by molar-refractivity contribution is -0.406. The number of hydrogen-bond donors (Lipinski definition) is 35. The maximum Gasteiger partial charge on any atom is 0.217 e. The molecule has 54 atom stereocenters. The van der Waals surface area contributed by atoms with Crippen LogP contribution in [0.3, 0.4) is 0 Å². The molecule has 10 aliphatic rings. The first kappa shape index (κ1) is 114. The van der Waals surface area contributed by atoms with Gasteiger partial charge < -0.3 is 279 Å². The van der Waals surface area contributed by atoms with Crippen LogP contribution in [0.25, 0.3) is 0 Å². The minimum absolute atomic E-state index is 0.00666. The van der Waals surface area contributed by atoms with E-state index in [4.69, 9.17) is 94.7 Å². The molecular formula is C76H127N5O56. The van der Waals surface area contributed by atoms with E-state index in [0.717, 1.165) is 34.6 Å². The Kier molecular flexibility index (Phi) is 42.2. The highest BCUT2D eigenvalue weighted by Gasteiger charge is 2.63. The molecule has 0 aromatic rings. The van der Waals surface area contributed by atoms with Crippen LogP contribution in [-0.4, -0.2) is 593 Å². The molecule has 137 heavy (non-hydrogen) atoms. The van der Waals surface area contributed by atoms with Crippen molar-refractivity contribution in [1.82, 2.24) is 26.6 Å². The van der Waals surface area contributed by atoms with Crippen LogP contribution >= 0.6 is 0 Å². The van der Waals surface area contributed by atoms with Crippen molar-refractivity contribution in [2.45, 2.75) is 366 Å². The molecule has 61 nitrogen and oxygen atoms in total. The Labute approximate surface area is 775 Å². The number of aldehydes is 1. The number of rotatable bonds is 40. The molecule has 0 bridgehead atoms. The maximum absolute atomic E-state index is 13.4. The van der Waals surface area contributed by atoms with Gasteiger partial charge in [-0.25, -0.2) is 0 Å². The van der Waals surface area contributed by atoms with Gasteiger partial charge in [0, 0.05) is 34.6 Å². The van der Waals surface area contributed by atoms with Crippen molar-refractivity contribution in [1.29, 1.82) is 0 Å². The van der Waals surface area contributed by atoms with Crippen molar-refractivity contribution in [2.24, 2.45) is 0 Å². The lowest BCUT2D eigenvalue weighted by Gasteiger charge is -2.52. The van der Waals surface area contributed by atoms with Crippen LogP contribution in [0, 0.1) is 0 Å². The Hall–Kier alpha value is -4.98. The molecule has 54 unspecified atom stereocenters. The Bertz CT molecular complexity index is 3760. The molecule has 35 N–H and O–H groups in total. The molecule has 10 aliphatic heterocycles. The third-order valence-electron chi connectivity index (χ3n) is 24.5. The van der Waals surface area contributed by atoms with Crippen molar-refractivity contribution >= 4 is 35.8 Å². The Morgan fingerprint density at radius 1 is 0.270 bits per heavy atom. The van der Waals surface area contributed by atoms with Gasteiger partial charge in [0.05, 0.1) is 72.7 Å². The molecular weight excluding hydrogens is 1880 g/mol. The monoisotopic (exact) mass is 2010 g/mol. The summed E-state index contributed by atoms with van der Waals surface area (Å²) in [5.74, 6) is -5.08. The van der Waals surface area contributed by atoms with E-state index < -0.39 is 433 Å². The molecule has 10 fully saturated rings. The second kappa shape index (κ2) is 50.7. The van der Waals surface area contributed by atoms with Crippen LogP contribution < -0.4 is 26.6 Å². The van der Waals surface area contributed by atoms with Gasteiger partial charge in [-0.05, 0) is 0 Å². The molecule has 0 spiro atoms. The number of carbonyl (C=O) groups excluding carboxylic acids is 6. The summed E-state index contributed by atoms with van der Waals surface area (Å²) in [5, 5.41) is 349. The van der Waals surface area contributed by atoms with Crippen molar-refractivity contribution in [3.63, 3.8) is 0 Å². The molecule has 0 aliphatic carbocycles. The summed E-state index contributed by atoms with van der Waals surface area (Å²) in [6, 6.07) is -10.3. The lowest BCUT2D eigenvalue weighted by Crippen LogP contribution is -2.71. The quantitative estimate of drug-likeness (QED) is 0.0253. The molecule has 0 aromatic heterocycles. The number of nitrogens with one attached hydrogen (secondary N) is 5. The van der Waals surface area contributed by atoms with E-state index in [1.807, 2.05) is 0 Å². The molecule has 10 saturated heterocycles. The molecule has 5 amide bonds. The largest absolute Gasteiger partial charge is 0.394 e. The third-order valence-corrected chi connectivity index (χ3v) is 24.5. The minimum atomic E-state index is -2.79. The van der Waals surface area contributed by atoms with E-state index in [9.17, 15) is 182 Å². The number of aliphatic hydroxyl groups is 30. The average Bonchev–Trinajstić information content (AvgIpc) is 0.754. The van der Waals surface area contributed by atoms with Crippen LogP contribution in [-0.2, 0) is 124 Å². The zero-order valence-corrected chi connectivity index (χ0v) is 73.6. The van der Waals surface area contributed by atoms with Gasteiger partial charge in [-0.15, -0.1) is 0 Å². The van der Waals surface area contributed by atoms with Crippen LogP contribution in [0.5, 0.6) is 0 Å². The van der Waals surface area contributed by atoms with Gasteiger partial charge in [-0.2, -0.15) is 0 Å². The molecule has 0 aromatic carbocycles. The topological polar surface area (TPSA) is 954 Å². The van der Waals surface area contributed by atoms with Crippen LogP contribution in [0.1, 0.15) is 34.6 Å². The van der Waals surface area contributed by atoms with E-state index in [1.165, 1.54) is 0 Å². The van der Waals surface area contributed by atoms with Gasteiger partial charge in [-0.1, -0.05) is 0 Å². The number of aliphatic hydroxyl groups excluding tert-OH is 30. The smallest absolute Gasteiger partial charge is 0.217 e. The van der Waals surface area contributed by atoms with Crippen LogP contribution in [0.15, 0.2) is 0 Å². The molecule has 10 heterocycles. The molecule has 0 saturated carbocycles. The first-order valence-electron chi connectivity index (χ1n) is 43.4. The van der Waals surface area contributed by atoms with E-state index in [0.29, 0.717) is 0 Å². The van der Waals surface area contributed by atoms with E-state index >= 15 is 0 Å². The van der Waals surface area contributed by atoms with Crippen molar-refractivity contribution in [3.8, 4) is 0 Å². The Balaban J connectivity index is 1.06. The third kappa shape index (κ3) is 25.9. The van der Waals surface area contributed by atoms with Gasteiger partial charge in [0.1, 0.15) is 275 Å². The van der Waals surface area contributed by atoms with E-state index in [1.54, 1.807) is 0 Å². The number of ether oxygens (including phenoxy) is 20. The van der Waals surface area contributed by atoms with Crippen molar-refractivity contribution in [2.75, 3.05) is 72.7 Å². The summed E-state index contributed by atoms with van der Waals surface area (Å²) in [5.41, 5.74) is 0. The maximum atomic E-state index is 13.4. The summed E-state index contributed by atoms with van der Waals surface area (Å²) in [7, 11) is 0.